The van der Waals surface area contributed by atoms with Crippen molar-refractivity contribution in [1.29, 1.82) is 0 Å². The van der Waals surface area contributed by atoms with Crippen LogP contribution in [0.15, 0.2) is 24.3 Å². The molecule has 0 spiro atoms. The van der Waals surface area contributed by atoms with Gasteiger partial charge in [-0.3, -0.25) is 4.55 Å². The molecule has 0 atom stereocenters. The van der Waals surface area contributed by atoms with Crippen molar-refractivity contribution in [2.24, 2.45) is 0 Å². The highest BCUT2D eigenvalue weighted by atomic mass is 35.5. The highest BCUT2D eigenvalue weighted by Crippen LogP contribution is 2.20. The number of benzene rings is 1. The van der Waals surface area contributed by atoms with Crippen molar-refractivity contribution in [1.82, 2.24) is 0 Å². The van der Waals surface area contributed by atoms with Crippen LogP contribution < -0.4 is 5.19 Å². The number of halogens is 4. The molecular formula is C10H14ClF3O3SSi. The summed E-state index contributed by atoms with van der Waals surface area (Å²) in [7, 11) is -6.99. The molecule has 1 N–H and O–H groups in total. The summed E-state index contributed by atoms with van der Waals surface area (Å²) in [5.41, 5.74) is -5.53. The molecule has 0 amide bonds. The van der Waals surface area contributed by atoms with Crippen molar-refractivity contribution in [2.45, 2.75) is 25.1 Å². The highest BCUT2D eigenvalue weighted by molar-refractivity contribution is 7.86. The minimum absolute atomic E-state index is 0.852. The number of alkyl halides is 3. The molecule has 0 aliphatic rings. The average molecular weight is 335 g/mol. The quantitative estimate of drug-likeness (QED) is 0.487. The van der Waals surface area contributed by atoms with Crippen LogP contribution in [-0.4, -0.2) is 26.6 Å². The van der Waals surface area contributed by atoms with Crippen molar-refractivity contribution in [3.63, 3.8) is 0 Å². The predicted molar refractivity (Wildman–Crippen MR) is 72.0 cm³/mol. The Balaban J connectivity index is 0.000000362. The molecule has 19 heavy (non-hydrogen) atoms. The van der Waals surface area contributed by atoms with E-state index in [1.54, 1.807) is 0 Å². The Kier molecular flexibility index (Phi) is 6.06. The molecule has 1 rings (SSSR count). The van der Waals surface area contributed by atoms with Crippen LogP contribution in [-0.2, 0) is 10.1 Å². The van der Waals surface area contributed by atoms with Crippen molar-refractivity contribution in [2.75, 3.05) is 0 Å². The van der Waals surface area contributed by atoms with Gasteiger partial charge in [-0.15, -0.1) is 0 Å². The van der Waals surface area contributed by atoms with Crippen LogP contribution in [0.4, 0.5) is 13.2 Å². The Morgan fingerprint density at radius 1 is 1.21 bits per heavy atom. The van der Waals surface area contributed by atoms with E-state index in [-0.39, 0.29) is 0 Å². The maximum atomic E-state index is 10.7. The first-order valence-electron chi connectivity index (χ1n) is 5.05. The van der Waals surface area contributed by atoms with Gasteiger partial charge >= 0.3 is 15.6 Å². The van der Waals surface area contributed by atoms with Crippen LogP contribution >= 0.6 is 11.6 Å². The molecule has 0 radical (unpaired) electrons. The lowest BCUT2D eigenvalue weighted by atomic mass is 10.4. The van der Waals surface area contributed by atoms with E-state index in [0.717, 1.165) is 5.02 Å². The van der Waals surface area contributed by atoms with Gasteiger partial charge in [0.05, 0.1) is 8.07 Å². The summed E-state index contributed by atoms with van der Waals surface area (Å²) in [6, 6.07) is 8.19. The molecule has 0 aromatic heterocycles. The summed E-state index contributed by atoms with van der Waals surface area (Å²) in [5.74, 6) is 0. The fraction of sp³-hybridized carbons (Fsp3) is 0.400. The van der Waals surface area contributed by atoms with E-state index in [0.29, 0.717) is 0 Å². The summed E-state index contributed by atoms with van der Waals surface area (Å²) in [4.78, 5) is 0. The molecule has 0 saturated heterocycles. The van der Waals surface area contributed by atoms with E-state index in [1.807, 2.05) is 12.1 Å². The monoisotopic (exact) mass is 334 g/mol. The van der Waals surface area contributed by atoms with Crippen molar-refractivity contribution >= 4 is 35.0 Å². The Labute approximate surface area is 116 Å². The second-order valence-electron chi connectivity index (χ2n) is 4.68. The molecule has 0 aliphatic carbocycles. The van der Waals surface area contributed by atoms with Gasteiger partial charge in [0.2, 0.25) is 0 Å². The molecule has 1 aromatic carbocycles. The van der Waals surface area contributed by atoms with Crippen LogP contribution in [0.25, 0.3) is 0 Å². The Morgan fingerprint density at radius 3 is 1.84 bits per heavy atom. The summed E-state index contributed by atoms with van der Waals surface area (Å²) < 4.78 is 57.5. The van der Waals surface area contributed by atoms with Gasteiger partial charge in [-0.25, -0.2) is 0 Å². The minimum atomic E-state index is -5.84. The van der Waals surface area contributed by atoms with Gasteiger partial charge in [0, 0.05) is 5.02 Å². The SMILES string of the molecule is C[Si](C)(C)c1cccc(Cl)c1.O=S(=O)(O)C(F)(F)F. The molecule has 0 unspecified atom stereocenters. The number of hydrogen-bond acceptors (Lipinski definition) is 2. The van der Waals surface area contributed by atoms with Crippen molar-refractivity contribution < 1.29 is 26.1 Å². The van der Waals surface area contributed by atoms with Crippen LogP contribution in [0.1, 0.15) is 0 Å². The molecule has 110 valence electrons. The topological polar surface area (TPSA) is 54.4 Å². The zero-order valence-electron chi connectivity index (χ0n) is 10.5. The van der Waals surface area contributed by atoms with E-state index in [4.69, 9.17) is 24.6 Å². The zero-order chi connectivity index (χ0) is 15.5. The largest absolute Gasteiger partial charge is 0.522 e. The first kappa shape index (κ1) is 18.4. The normalized spacial score (nSPS) is 12.6. The van der Waals surface area contributed by atoms with Gasteiger partial charge < -0.3 is 0 Å². The second kappa shape index (κ2) is 6.25. The van der Waals surface area contributed by atoms with Gasteiger partial charge in [-0.2, -0.15) is 21.6 Å². The summed E-state index contributed by atoms with van der Waals surface area (Å²) in [6.07, 6.45) is 0. The van der Waals surface area contributed by atoms with Gasteiger partial charge in [0.25, 0.3) is 0 Å². The number of rotatable bonds is 1. The second-order valence-corrected chi connectivity index (χ2v) is 11.6. The maximum absolute atomic E-state index is 10.7. The fourth-order valence-electron chi connectivity index (χ4n) is 0.955. The molecule has 0 fully saturated rings. The van der Waals surface area contributed by atoms with Crippen molar-refractivity contribution in [3.05, 3.63) is 29.3 Å². The molecule has 1 aromatic rings. The third-order valence-electron chi connectivity index (χ3n) is 1.98. The van der Waals surface area contributed by atoms with E-state index in [9.17, 15) is 13.2 Å². The van der Waals surface area contributed by atoms with Crippen LogP contribution in [0.2, 0.25) is 24.7 Å². The zero-order valence-corrected chi connectivity index (χ0v) is 13.1. The van der Waals surface area contributed by atoms with Gasteiger partial charge in [-0.1, -0.05) is 48.6 Å². The number of hydrogen-bond donors (Lipinski definition) is 1. The Hall–Kier alpha value is -0.573. The standard InChI is InChI=1S/C9H13ClSi.CHF3O3S/c1-11(2,3)9-6-4-5-8(10)7-9;2-1(3,4)8(5,6)7/h4-7H,1-3H3;(H,5,6,7). The van der Waals surface area contributed by atoms with E-state index < -0.39 is 23.7 Å². The lowest BCUT2D eigenvalue weighted by molar-refractivity contribution is -0.0510. The molecule has 0 bridgehead atoms. The van der Waals surface area contributed by atoms with Gasteiger partial charge in [-0.05, 0) is 12.1 Å². The molecule has 0 heterocycles. The lowest BCUT2D eigenvalue weighted by Gasteiger charge is -2.16. The molecular weight excluding hydrogens is 321 g/mol. The molecule has 0 aliphatic heterocycles. The summed E-state index contributed by atoms with van der Waals surface area (Å²) in [5, 5.41) is 2.27. The van der Waals surface area contributed by atoms with E-state index in [2.05, 4.69) is 31.8 Å². The van der Waals surface area contributed by atoms with E-state index >= 15 is 0 Å². The predicted octanol–water partition coefficient (Wildman–Crippen LogP) is 3.28. The van der Waals surface area contributed by atoms with Crippen LogP contribution in [0.5, 0.6) is 0 Å². The maximum Gasteiger partial charge on any atom is 0.522 e. The fourth-order valence-corrected chi connectivity index (χ4v) is 2.42. The van der Waals surface area contributed by atoms with Crippen LogP contribution in [0, 0.1) is 0 Å². The Bertz CT molecular complexity index is 524. The van der Waals surface area contributed by atoms with Crippen molar-refractivity contribution in [3.8, 4) is 0 Å². The van der Waals surface area contributed by atoms with Crippen LogP contribution in [0.3, 0.4) is 0 Å². The summed E-state index contributed by atoms with van der Waals surface area (Å²) >= 11 is 5.87. The third-order valence-corrected chi connectivity index (χ3v) is 4.85. The molecule has 0 saturated carbocycles. The Morgan fingerprint density at radius 2 is 1.63 bits per heavy atom. The molecule has 3 nitrogen and oxygen atoms in total. The third kappa shape index (κ3) is 6.95. The minimum Gasteiger partial charge on any atom is -0.279 e. The van der Waals surface area contributed by atoms with Gasteiger partial charge in [0.15, 0.2) is 0 Å². The average Bonchev–Trinajstić information content (AvgIpc) is 2.13. The first-order chi connectivity index (χ1) is 8.25. The first-order valence-corrected chi connectivity index (χ1v) is 10.4. The smallest absolute Gasteiger partial charge is 0.279 e. The molecule has 9 heteroatoms. The summed E-state index contributed by atoms with van der Waals surface area (Å²) in [6.45, 7) is 6.95. The highest BCUT2D eigenvalue weighted by Gasteiger charge is 2.44. The lowest BCUT2D eigenvalue weighted by Crippen LogP contribution is -2.37. The van der Waals surface area contributed by atoms with E-state index in [1.165, 1.54) is 5.19 Å². The van der Waals surface area contributed by atoms with Gasteiger partial charge in [0.1, 0.15) is 0 Å².